The Labute approximate surface area is 199 Å². The maximum absolute atomic E-state index is 11.6. The highest BCUT2D eigenvalue weighted by atomic mass is 16.3. The van der Waals surface area contributed by atoms with E-state index in [1.165, 1.54) is 43.2 Å². The molecular weight excluding hydrogens is 408 g/mol. The summed E-state index contributed by atoms with van der Waals surface area (Å²) in [6.07, 6.45) is 8.82. The van der Waals surface area contributed by atoms with Gasteiger partial charge in [0, 0.05) is 25.0 Å². The van der Waals surface area contributed by atoms with Gasteiger partial charge < -0.3 is 15.1 Å². The van der Waals surface area contributed by atoms with Gasteiger partial charge in [-0.1, -0.05) is 73.9 Å². The van der Waals surface area contributed by atoms with E-state index in [0.717, 1.165) is 44.5 Å². The van der Waals surface area contributed by atoms with Crippen molar-refractivity contribution in [3.05, 3.63) is 71.3 Å². The molecule has 2 heterocycles. The highest BCUT2D eigenvalue weighted by molar-refractivity contribution is 5.33. The van der Waals surface area contributed by atoms with Gasteiger partial charge in [-0.2, -0.15) is 0 Å². The molecule has 5 rings (SSSR count). The van der Waals surface area contributed by atoms with Crippen LogP contribution in [0.25, 0.3) is 0 Å². The second-order valence-electron chi connectivity index (χ2n) is 10.5. The van der Waals surface area contributed by atoms with E-state index in [-0.39, 0.29) is 6.23 Å². The highest BCUT2D eigenvalue weighted by Crippen LogP contribution is 2.44. The number of β-amino-alcohol motifs (C(OH)–C–C–N with tert-alkyl or cyclic N) is 1. The van der Waals surface area contributed by atoms with E-state index in [0.29, 0.717) is 24.4 Å². The van der Waals surface area contributed by atoms with Gasteiger partial charge in [0.15, 0.2) is 0 Å². The molecule has 1 saturated heterocycles. The van der Waals surface area contributed by atoms with Crippen molar-refractivity contribution in [1.29, 1.82) is 0 Å². The SMILES string of the molecule is OC(CN1CCC(C(O)N2CCc3ccccc3C2C2CCCCC2)CC1)c1ccccc1. The van der Waals surface area contributed by atoms with E-state index in [1.54, 1.807) is 0 Å². The predicted octanol–water partition coefficient (Wildman–Crippen LogP) is 4.93. The average Bonchev–Trinajstić information content (AvgIpc) is 2.89. The Balaban J connectivity index is 1.24. The Morgan fingerprint density at radius 2 is 1.48 bits per heavy atom. The molecule has 2 aliphatic heterocycles. The van der Waals surface area contributed by atoms with E-state index < -0.39 is 6.10 Å². The van der Waals surface area contributed by atoms with Crippen LogP contribution in [0.3, 0.4) is 0 Å². The standard InChI is InChI=1S/C29H40N2O2/c32-27(23-10-3-1-4-11-23)21-30-18-15-25(16-19-30)29(33)31-20-17-22-9-7-8-14-26(22)28(31)24-12-5-2-6-13-24/h1,3-4,7-11,14,24-25,27-29,32-33H,2,5-6,12-13,15-21H2. The first-order valence-electron chi connectivity index (χ1n) is 13.2. The van der Waals surface area contributed by atoms with Crippen molar-refractivity contribution in [2.75, 3.05) is 26.2 Å². The molecule has 1 saturated carbocycles. The zero-order valence-corrected chi connectivity index (χ0v) is 19.9. The molecule has 0 amide bonds. The normalized spacial score (nSPS) is 25.5. The third-order valence-electron chi connectivity index (χ3n) is 8.48. The lowest BCUT2D eigenvalue weighted by molar-refractivity contribution is -0.0980. The van der Waals surface area contributed by atoms with E-state index in [1.807, 2.05) is 30.3 Å². The first-order chi connectivity index (χ1) is 16.2. The molecule has 3 aliphatic rings. The molecule has 2 fully saturated rings. The number of piperidine rings is 1. The lowest BCUT2D eigenvalue weighted by atomic mass is 9.76. The average molecular weight is 449 g/mol. The second kappa shape index (κ2) is 10.7. The summed E-state index contributed by atoms with van der Waals surface area (Å²) in [7, 11) is 0. The van der Waals surface area contributed by atoms with Gasteiger partial charge in [0.05, 0.1) is 6.10 Å². The number of hydrogen-bond acceptors (Lipinski definition) is 4. The van der Waals surface area contributed by atoms with E-state index in [2.05, 4.69) is 34.1 Å². The zero-order valence-electron chi connectivity index (χ0n) is 19.9. The monoisotopic (exact) mass is 448 g/mol. The Kier molecular flexibility index (Phi) is 7.46. The number of benzene rings is 2. The Bertz CT molecular complexity index is 874. The molecule has 3 atom stereocenters. The molecule has 0 bridgehead atoms. The molecule has 3 unspecified atom stereocenters. The number of aliphatic hydroxyl groups is 2. The Hall–Kier alpha value is -1.72. The summed E-state index contributed by atoms with van der Waals surface area (Å²) in [6.45, 7) is 3.54. The molecule has 2 aromatic carbocycles. The molecule has 0 aromatic heterocycles. The van der Waals surface area contributed by atoms with E-state index >= 15 is 0 Å². The van der Waals surface area contributed by atoms with Gasteiger partial charge in [0.2, 0.25) is 0 Å². The zero-order chi connectivity index (χ0) is 22.6. The van der Waals surface area contributed by atoms with Gasteiger partial charge in [-0.15, -0.1) is 0 Å². The largest absolute Gasteiger partial charge is 0.387 e. The summed E-state index contributed by atoms with van der Waals surface area (Å²) >= 11 is 0. The number of fused-ring (bicyclic) bond motifs is 1. The van der Waals surface area contributed by atoms with Gasteiger partial charge in [0.25, 0.3) is 0 Å². The number of rotatable bonds is 6. The van der Waals surface area contributed by atoms with Crippen molar-refractivity contribution in [1.82, 2.24) is 9.80 Å². The number of nitrogens with zero attached hydrogens (tertiary/aromatic N) is 2. The molecule has 4 nitrogen and oxygen atoms in total. The topological polar surface area (TPSA) is 46.9 Å². The third-order valence-corrected chi connectivity index (χ3v) is 8.48. The van der Waals surface area contributed by atoms with Crippen LogP contribution in [0.5, 0.6) is 0 Å². The fraction of sp³-hybridized carbons (Fsp3) is 0.586. The Morgan fingerprint density at radius 1 is 0.788 bits per heavy atom. The molecule has 4 heteroatoms. The van der Waals surface area contributed by atoms with Crippen LogP contribution >= 0.6 is 0 Å². The van der Waals surface area contributed by atoms with Crippen molar-refractivity contribution >= 4 is 0 Å². The predicted molar refractivity (Wildman–Crippen MR) is 133 cm³/mol. The molecule has 33 heavy (non-hydrogen) atoms. The van der Waals surface area contributed by atoms with Crippen molar-refractivity contribution < 1.29 is 10.2 Å². The summed E-state index contributed by atoms with van der Waals surface area (Å²) in [5, 5.41) is 22.3. The molecule has 178 valence electrons. The van der Waals surface area contributed by atoms with Gasteiger partial charge in [0.1, 0.15) is 6.23 Å². The van der Waals surface area contributed by atoms with Crippen molar-refractivity contribution in [3.63, 3.8) is 0 Å². The van der Waals surface area contributed by atoms with Gasteiger partial charge in [-0.3, -0.25) is 4.90 Å². The van der Waals surface area contributed by atoms with Crippen LogP contribution < -0.4 is 0 Å². The van der Waals surface area contributed by atoms with E-state index in [4.69, 9.17) is 0 Å². The maximum Gasteiger partial charge on any atom is 0.110 e. The van der Waals surface area contributed by atoms with Gasteiger partial charge >= 0.3 is 0 Å². The number of hydrogen-bond donors (Lipinski definition) is 2. The maximum atomic E-state index is 11.6. The van der Waals surface area contributed by atoms with Crippen LogP contribution in [-0.4, -0.2) is 52.4 Å². The highest BCUT2D eigenvalue weighted by Gasteiger charge is 2.40. The minimum atomic E-state index is -0.443. The fourth-order valence-corrected chi connectivity index (χ4v) is 6.62. The number of aliphatic hydroxyl groups excluding tert-OH is 2. The molecule has 2 N–H and O–H groups in total. The summed E-state index contributed by atoms with van der Waals surface area (Å²) in [4.78, 5) is 4.84. The lowest BCUT2D eigenvalue weighted by Crippen LogP contribution is -2.51. The van der Waals surface area contributed by atoms with Crippen molar-refractivity contribution in [2.24, 2.45) is 11.8 Å². The van der Waals surface area contributed by atoms with Crippen LogP contribution in [0.15, 0.2) is 54.6 Å². The lowest BCUT2D eigenvalue weighted by Gasteiger charge is -2.48. The fourth-order valence-electron chi connectivity index (χ4n) is 6.62. The summed E-state index contributed by atoms with van der Waals surface area (Å²) in [5.74, 6) is 0.974. The second-order valence-corrected chi connectivity index (χ2v) is 10.5. The minimum Gasteiger partial charge on any atom is -0.387 e. The van der Waals surface area contributed by atoms with Crippen LogP contribution in [0.1, 0.15) is 73.8 Å². The van der Waals surface area contributed by atoms with Crippen LogP contribution in [0.4, 0.5) is 0 Å². The van der Waals surface area contributed by atoms with Crippen molar-refractivity contribution in [2.45, 2.75) is 69.7 Å². The molecular formula is C29H40N2O2. The molecule has 0 spiro atoms. The molecule has 0 radical (unpaired) electrons. The first kappa shape index (κ1) is 23.0. The molecule has 2 aromatic rings. The quantitative estimate of drug-likeness (QED) is 0.658. The van der Waals surface area contributed by atoms with Crippen LogP contribution in [0, 0.1) is 11.8 Å². The smallest absolute Gasteiger partial charge is 0.110 e. The van der Waals surface area contributed by atoms with Gasteiger partial charge in [-0.25, -0.2) is 0 Å². The van der Waals surface area contributed by atoms with Crippen LogP contribution in [-0.2, 0) is 6.42 Å². The Morgan fingerprint density at radius 3 is 2.24 bits per heavy atom. The summed E-state index contributed by atoms with van der Waals surface area (Å²) < 4.78 is 0. The molecule has 1 aliphatic carbocycles. The first-order valence-corrected chi connectivity index (χ1v) is 13.2. The van der Waals surface area contributed by atoms with Gasteiger partial charge in [-0.05, 0) is 67.8 Å². The van der Waals surface area contributed by atoms with E-state index in [9.17, 15) is 10.2 Å². The minimum absolute atomic E-state index is 0.312. The third kappa shape index (κ3) is 5.19. The van der Waals surface area contributed by atoms with Crippen LogP contribution in [0.2, 0.25) is 0 Å². The van der Waals surface area contributed by atoms with Crippen molar-refractivity contribution in [3.8, 4) is 0 Å². The summed E-state index contributed by atoms with van der Waals surface area (Å²) in [5.41, 5.74) is 3.95. The number of likely N-dealkylation sites (tertiary alicyclic amines) is 1. The summed E-state index contributed by atoms with van der Waals surface area (Å²) in [6, 6.07) is 19.3.